The molecule has 1 aromatic heterocycles. The van der Waals surface area contributed by atoms with Gasteiger partial charge in [0.25, 0.3) is 0 Å². The first-order valence-electron chi connectivity index (χ1n) is 8.05. The van der Waals surface area contributed by atoms with Gasteiger partial charge in [-0.3, -0.25) is 4.79 Å². The highest BCUT2D eigenvalue weighted by atomic mass is 16.2. The van der Waals surface area contributed by atoms with Gasteiger partial charge in [-0.2, -0.15) is 0 Å². The number of nitrogens with zero attached hydrogens (tertiary/aromatic N) is 1. The van der Waals surface area contributed by atoms with E-state index >= 15 is 0 Å². The second-order valence-corrected chi connectivity index (χ2v) is 6.77. The van der Waals surface area contributed by atoms with Gasteiger partial charge < -0.3 is 15.2 Å². The summed E-state index contributed by atoms with van der Waals surface area (Å²) in [5.41, 5.74) is 3.31. The number of carbonyl (C=O) groups excluding carboxylic acids is 1. The van der Waals surface area contributed by atoms with E-state index in [1.54, 1.807) is 0 Å². The monoisotopic (exact) mass is 321 g/mol. The topological polar surface area (TPSA) is 48.1 Å². The lowest BCUT2D eigenvalue weighted by atomic mass is 9.83. The van der Waals surface area contributed by atoms with E-state index in [2.05, 4.69) is 10.3 Å². The molecule has 2 aromatic carbocycles. The largest absolute Gasteiger partial charge is 0.378 e. The summed E-state index contributed by atoms with van der Waals surface area (Å²) < 4.78 is 0. The Morgan fingerprint density at radius 3 is 2.38 bits per heavy atom. The van der Waals surface area contributed by atoms with E-state index in [1.807, 2.05) is 87.6 Å². The molecule has 0 aliphatic rings. The molecule has 124 valence electrons. The molecule has 0 aliphatic carbocycles. The van der Waals surface area contributed by atoms with Crippen molar-refractivity contribution in [1.82, 2.24) is 4.98 Å². The van der Waals surface area contributed by atoms with Crippen LogP contribution >= 0.6 is 0 Å². The first kappa shape index (κ1) is 16.1. The lowest BCUT2D eigenvalue weighted by Gasteiger charge is -2.23. The van der Waals surface area contributed by atoms with E-state index in [0.29, 0.717) is 0 Å². The van der Waals surface area contributed by atoms with Crippen LogP contribution in [0.2, 0.25) is 0 Å². The number of nitrogens with one attached hydrogen (secondary N) is 2. The summed E-state index contributed by atoms with van der Waals surface area (Å²) in [5.74, 6) is -0.0233. The number of aromatic amines is 1. The van der Waals surface area contributed by atoms with E-state index < -0.39 is 5.41 Å². The smallest absolute Gasteiger partial charge is 0.234 e. The Labute approximate surface area is 142 Å². The molecule has 0 saturated carbocycles. The molecule has 4 heteroatoms. The summed E-state index contributed by atoms with van der Waals surface area (Å²) in [6, 6.07) is 15.9. The van der Waals surface area contributed by atoms with Crippen LogP contribution in [-0.4, -0.2) is 25.0 Å². The number of hydrogen-bond donors (Lipinski definition) is 2. The highest BCUT2D eigenvalue weighted by Crippen LogP contribution is 2.31. The Bertz CT molecular complexity index is 860. The molecule has 0 aliphatic heterocycles. The first-order valence-corrected chi connectivity index (χ1v) is 8.05. The molecule has 0 saturated heterocycles. The summed E-state index contributed by atoms with van der Waals surface area (Å²) >= 11 is 0. The van der Waals surface area contributed by atoms with Gasteiger partial charge in [-0.15, -0.1) is 0 Å². The van der Waals surface area contributed by atoms with Gasteiger partial charge in [0.15, 0.2) is 0 Å². The van der Waals surface area contributed by atoms with E-state index in [4.69, 9.17) is 0 Å². The average molecular weight is 321 g/mol. The number of para-hydroxylation sites is 1. The van der Waals surface area contributed by atoms with Crippen molar-refractivity contribution >= 4 is 28.2 Å². The third-order valence-corrected chi connectivity index (χ3v) is 4.47. The molecule has 4 nitrogen and oxygen atoms in total. The van der Waals surface area contributed by atoms with Gasteiger partial charge in [-0.1, -0.05) is 18.2 Å². The predicted octanol–water partition coefficient (Wildman–Crippen LogP) is 4.15. The van der Waals surface area contributed by atoms with Crippen molar-refractivity contribution < 1.29 is 4.79 Å². The van der Waals surface area contributed by atoms with Crippen LogP contribution in [0.25, 0.3) is 10.9 Å². The summed E-state index contributed by atoms with van der Waals surface area (Å²) in [7, 11) is 3.99. The van der Waals surface area contributed by atoms with Crippen LogP contribution in [0, 0.1) is 0 Å². The standard InChI is InChI=1S/C20H23N3O/c1-20(2,17-13-21-18-8-6-5-7-16(17)18)19(24)22-14-9-11-15(12-10-14)23(3)4/h5-13,21H,1-4H3,(H,22,24). The highest BCUT2D eigenvalue weighted by Gasteiger charge is 2.32. The molecule has 0 unspecified atom stereocenters. The van der Waals surface area contributed by atoms with Gasteiger partial charge in [0.1, 0.15) is 0 Å². The predicted molar refractivity (Wildman–Crippen MR) is 101 cm³/mol. The molecular formula is C20H23N3O. The maximum absolute atomic E-state index is 12.9. The molecule has 0 atom stereocenters. The molecule has 1 heterocycles. The molecule has 0 spiro atoms. The lowest BCUT2D eigenvalue weighted by Crippen LogP contribution is -2.34. The van der Waals surface area contributed by atoms with E-state index in [0.717, 1.165) is 27.8 Å². The van der Waals surface area contributed by atoms with Gasteiger partial charge in [0.2, 0.25) is 5.91 Å². The van der Waals surface area contributed by atoms with Crippen molar-refractivity contribution in [3.63, 3.8) is 0 Å². The van der Waals surface area contributed by atoms with Crippen molar-refractivity contribution in [2.24, 2.45) is 0 Å². The van der Waals surface area contributed by atoms with Crippen molar-refractivity contribution in [3.8, 4) is 0 Å². The average Bonchev–Trinajstić information content (AvgIpc) is 3.00. The number of fused-ring (bicyclic) bond motifs is 1. The van der Waals surface area contributed by atoms with E-state index in [9.17, 15) is 4.79 Å². The van der Waals surface area contributed by atoms with Gasteiger partial charge in [-0.25, -0.2) is 0 Å². The van der Waals surface area contributed by atoms with Crippen molar-refractivity contribution in [1.29, 1.82) is 0 Å². The Hall–Kier alpha value is -2.75. The van der Waals surface area contributed by atoms with E-state index in [1.165, 1.54) is 0 Å². The van der Waals surface area contributed by atoms with Crippen LogP contribution in [-0.2, 0) is 10.2 Å². The number of amides is 1. The first-order chi connectivity index (χ1) is 11.4. The Morgan fingerprint density at radius 1 is 1.04 bits per heavy atom. The molecule has 0 bridgehead atoms. The minimum atomic E-state index is -0.639. The zero-order chi connectivity index (χ0) is 17.3. The number of H-pyrrole nitrogens is 1. The minimum Gasteiger partial charge on any atom is -0.378 e. The van der Waals surface area contributed by atoms with Crippen LogP contribution in [0.3, 0.4) is 0 Å². The molecule has 24 heavy (non-hydrogen) atoms. The van der Waals surface area contributed by atoms with Crippen LogP contribution in [0.1, 0.15) is 19.4 Å². The lowest BCUT2D eigenvalue weighted by molar-refractivity contribution is -0.120. The third kappa shape index (κ3) is 2.87. The second-order valence-electron chi connectivity index (χ2n) is 6.77. The number of anilines is 2. The molecule has 2 N–H and O–H groups in total. The summed E-state index contributed by atoms with van der Waals surface area (Å²) in [6.45, 7) is 3.90. The normalized spacial score (nSPS) is 11.5. The zero-order valence-corrected chi connectivity index (χ0v) is 14.6. The molecule has 0 radical (unpaired) electrons. The molecule has 1 amide bonds. The van der Waals surface area contributed by atoms with Gasteiger partial charge in [0, 0.05) is 42.6 Å². The Kier molecular flexibility index (Phi) is 4.06. The number of carbonyl (C=O) groups is 1. The van der Waals surface area contributed by atoms with Gasteiger partial charge >= 0.3 is 0 Å². The Morgan fingerprint density at radius 2 is 1.71 bits per heavy atom. The quantitative estimate of drug-likeness (QED) is 0.758. The molecule has 0 fully saturated rings. The van der Waals surface area contributed by atoms with Crippen molar-refractivity contribution in [2.45, 2.75) is 19.3 Å². The molecule has 3 aromatic rings. The number of hydrogen-bond acceptors (Lipinski definition) is 2. The van der Waals surface area contributed by atoms with Crippen molar-refractivity contribution in [3.05, 3.63) is 60.3 Å². The van der Waals surface area contributed by atoms with E-state index in [-0.39, 0.29) is 5.91 Å². The van der Waals surface area contributed by atoms with Gasteiger partial charge in [-0.05, 0) is 49.7 Å². The SMILES string of the molecule is CN(C)c1ccc(NC(=O)C(C)(C)c2c[nH]c3ccccc23)cc1. The van der Waals surface area contributed by atoms with Crippen LogP contribution in [0.5, 0.6) is 0 Å². The van der Waals surface area contributed by atoms with Crippen LogP contribution in [0.4, 0.5) is 11.4 Å². The van der Waals surface area contributed by atoms with Crippen LogP contribution < -0.4 is 10.2 Å². The Balaban J connectivity index is 1.85. The van der Waals surface area contributed by atoms with Gasteiger partial charge in [0.05, 0.1) is 5.41 Å². The van der Waals surface area contributed by atoms with Crippen molar-refractivity contribution in [2.75, 3.05) is 24.3 Å². The maximum atomic E-state index is 12.9. The minimum absolute atomic E-state index is 0.0233. The zero-order valence-electron chi connectivity index (χ0n) is 14.6. The fourth-order valence-electron chi connectivity index (χ4n) is 2.84. The number of rotatable bonds is 4. The fraction of sp³-hybridized carbons (Fsp3) is 0.250. The highest BCUT2D eigenvalue weighted by molar-refractivity contribution is 6.01. The number of benzene rings is 2. The molecule has 3 rings (SSSR count). The summed E-state index contributed by atoms with van der Waals surface area (Å²) in [4.78, 5) is 18.1. The molecular weight excluding hydrogens is 298 g/mol. The summed E-state index contributed by atoms with van der Waals surface area (Å²) in [5, 5.41) is 4.11. The fourth-order valence-corrected chi connectivity index (χ4v) is 2.84. The number of aromatic nitrogens is 1. The maximum Gasteiger partial charge on any atom is 0.234 e. The summed E-state index contributed by atoms with van der Waals surface area (Å²) in [6.07, 6.45) is 1.93. The third-order valence-electron chi connectivity index (χ3n) is 4.47. The van der Waals surface area contributed by atoms with Crippen LogP contribution in [0.15, 0.2) is 54.7 Å². The second kappa shape index (κ2) is 6.04.